The van der Waals surface area contributed by atoms with Gasteiger partial charge in [-0.25, -0.2) is 0 Å². The van der Waals surface area contributed by atoms with Crippen LogP contribution in [-0.4, -0.2) is 12.8 Å². The maximum Gasteiger partial charge on any atom is 0.0595 e. The number of benzene rings is 1. The zero-order chi connectivity index (χ0) is 14.8. The summed E-state index contributed by atoms with van der Waals surface area (Å²) in [7, 11) is 2.02. The predicted molar refractivity (Wildman–Crippen MR) is 96.2 cm³/mol. The lowest BCUT2D eigenvalue weighted by atomic mass is 10.0. The lowest BCUT2D eigenvalue weighted by Crippen LogP contribution is -2.17. The topological polar surface area (TPSA) is 12.0 Å². The molecule has 0 aliphatic carbocycles. The Kier molecular flexibility index (Phi) is 5.18. The Labute approximate surface area is 144 Å². The van der Waals surface area contributed by atoms with Crippen molar-refractivity contribution in [2.45, 2.75) is 24.6 Å². The fraction of sp³-hybridized carbons (Fsp3) is 0.375. The third-order valence-electron chi connectivity index (χ3n) is 3.76. The first-order chi connectivity index (χ1) is 10.2. The van der Waals surface area contributed by atoms with Crippen molar-refractivity contribution in [3.63, 3.8) is 0 Å². The summed E-state index contributed by atoms with van der Waals surface area (Å²) in [6.07, 6.45) is 2.15. The quantitative estimate of drug-likeness (QED) is 0.791. The first-order valence-electron chi connectivity index (χ1n) is 6.98. The van der Waals surface area contributed by atoms with Gasteiger partial charge in [0.15, 0.2) is 0 Å². The molecule has 3 rings (SSSR count). The summed E-state index contributed by atoms with van der Waals surface area (Å²) >= 11 is 16.1. The predicted octanol–water partition coefficient (Wildman–Crippen LogP) is 5.35. The molecule has 0 radical (unpaired) electrons. The standard InChI is InChI=1S/C16H17Cl2NS2/c1-19-14(7-10-2-3-12(17)13(18)6-10)16-8-11-9-20-5-4-15(11)21-16/h2-3,6,8,14,19H,4-5,7,9H2,1H3. The van der Waals surface area contributed by atoms with E-state index in [-0.39, 0.29) is 0 Å². The van der Waals surface area contributed by atoms with Crippen LogP contribution in [0.1, 0.15) is 26.9 Å². The third-order valence-corrected chi connectivity index (χ3v) is 6.86. The number of thioether (sulfide) groups is 1. The normalized spacial score (nSPS) is 15.8. The average Bonchev–Trinajstić information content (AvgIpc) is 2.92. The second kappa shape index (κ2) is 6.93. The van der Waals surface area contributed by atoms with E-state index in [1.54, 1.807) is 4.88 Å². The molecule has 1 N–H and O–H groups in total. The van der Waals surface area contributed by atoms with Gasteiger partial charge in [0.05, 0.1) is 10.0 Å². The Morgan fingerprint density at radius 3 is 2.81 bits per heavy atom. The number of likely N-dealkylation sites (N-methyl/N-ethyl adjacent to an activating group) is 1. The molecule has 0 amide bonds. The molecule has 0 fully saturated rings. The van der Waals surface area contributed by atoms with Gasteiger partial charge in [-0.05, 0) is 55.0 Å². The summed E-state index contributed by atoms with van der Waals surface area (Å²) < 4.78 is 0. The molecule has 1 unspecified atom stereocenters. The fourth-order valence-electron chi connectivity index (χ4n) is 2.59. The molecule has 0 spiro atoms. The fourth-order valence-corrected chi connectivity index (χ4v) is 5.40. The van der Waals surface area contributed by atoms with Crippen LogP contribution in [0.15, 0.2) is 24.3 Å². The van der Waals surface area contributed by atoms with E-state index in [2.05, 4.69) is 17.4 Å². The number of thiophene rings is 1. The van der Waals surface area contributed by atoms with Crippen molar-refractivity contribution in [3.05, 3.63) is 55.2 Å². The van der Waals surface area contributed by atoms with Gasteiger partial charge in [-0.1, -0.05) is 29.3 Å². The van der Waals surface area contributed by atoms with E-state index < -0.39 is 0 Å². The summed E-state index contributed by atoms with van der Waals surface area (Å²) in [6, 6.07) is 8.62. The molecule has 5 heteroatoms. The summed E-state index contributed by atoms with van der Waals surface area (Å²) in [5.41, 5.74) is 2.74. The number of hydrogen-bond acceptors (Lipinski definition) is 3. The Morgan fingerprint density at radius 2 is 2.10 bits per heavy atom. The minimum Gasteiger partial charge on any atom is -0.312 e. The first kappa shape index (κ1) is 15.7. The molecule has 112 valence electrons. The summed E-state index contributed by atoms with van der Waals surface area (Å²) in [5.74, 6) is 2.42. The lowest BCUT2D eigenvalue weighted by Gasteiger charge is -2.15. The van der Waals surface area contributed by atoms with Crippen molar-refractivity contribution >= 4 is 46.3 Å². The van der Waals surface area contributed by atoms with Crippen LogP contribution in [0.2, 0.25) is 10.0 Å². The minimum atomic E-state index is 0.336. The van der Waals surface area contributed by atoms with E-state index >= 15 is 0 Å². The van der Waals surface area contributed by atoms with Gasteiger partial charge in [0.25, 0.3) is 0 Å². The van der Waals surface area contributed by atoms with E-state index in [4.69, 9.17) is 23.2 Å². The number of hydrogen-bond donors (Lipinski definition) is 1. The van der Waals surface area contributed by atoms with Gasteiger partial charge in [0.1, 0.15) is 0 Å². The van der Waals surface area contributed by atoms with Gasteiger partial charge >= 0.3 is 0 Å². The van der Waals surface area contributed by atoms with Crippen molar-refractivity contribution in [1.82, 2.24) is 5.32 Å². The average molecular weight is 358 g/mol. The molecular formula is C16H17Cl2NS2. The van der Waals surface area contributed by atoms with Gasteiger partial charge in [0.2, 0.25) is 0 Å². The number of aryl methyl sites for hydroxylation is 1. The molecular weight excluding hydrogens is 341 g/mol. The van der Waals surface area contributed by atoms with Crippen molar-refractivity contribution in [3.8, 4) is 0 Å². The number of halogens is 2. The Balaban J connectivity index is 1.81. The van der Waals surface area contributed by atoms with Crippen LogP contribution in [0.25, 0.3) is 0 Å². The van der Waals surface area contributed by atoms with Crippen LogP contribution >= 0.6 is 46.3 Å². The molecule has 0 saturated heterocycles. The molecule has 2 aromatic rings. The number of fused-ring (bicyclic) bond motifs is 1. The van der Waals surface area contributed by atoms with Gasteiger partial charge in [0, 0.05) is 21.5 Å². The van der Waals surface area contributed by atoms with E-state index in [0.29, 0.717) is 16.1 Å². The zero-order valence-corrected chi connectivity index (χ0v) is 14.9. The summed E-state index contributed by atoms with van der Waals surface area (Å²) in [5, 5.41) is 4.68. The van der Waals surface area contributed by atoms with E-state index in [0.717, 1.165) is 12.2 Å². The molecule has 1 aliphatic rings. The van der Waals surface area contributed by atoms with Gasteiger partial charge in [-0.15, -0.1) is 11.3 Å². The van der Waals surface area contributed by atoms with E-state index in [1.807, 2.05) is 42.3 Å². The highest BCUT2D eigenvalue weighted by Gasteiger charge is 2.19. The maximum atomic E-state index is 6.12. The van der Waals surface area contributed by atoms with E-state index in [1.165, 1.54) is 28.2 Å². The zero-order valence-electron chi connectivity index (χ0n) is 11.8. The molecule has 21 heavy (non-hydrogen) atoms. The molecule has 2 heterocycles. The highest BCUT2D eigenvalue weighted by Crippen LogP contribution is 2.35. The van der Waals surface area contributed by atoms with Crippen LogP contribution in [0.4, 0.5) is 0 Å². The molecule has 1 aliphatic heterocycles. The van der Waals surface area contributed by atoms with Crippen molar-refractivity contribution < 1.29 is 0 Å². The third kappa shape index (κ3) is 3.59. The smallest absolute Gasteiger partial charge is 0.0595 e. The largest absolute Gasteiger partial charge is 0.312 e. The Morgan fingerprint density at radius 1 is 1.24 bits per heavy atom. The second-order valence-corrected chi connectivity index (χ2v) is 8.28. The monoisotopic (exact) mass is 357 g/mol. The lowest BCUT2D eigenvalue weighted by molar-refractivity contribution is 0.602. The molecule has 0 bridgehead atoms. The van der Waals surface area contributed by atoms with Crippen LogP contribution in [0, 0.1) is 0 Å². The van der Waals surface area contributed by atoms with Crippen LogP contribution < -0.4 is 5.32 Å². The highest BCUT2D eigenvalue weighted by molar-refractivity contribution is 7.98. The van der Waals surface area contributed by atoms with Gasteiger partial charge in [-0.2, -0.15) is 11.8 Å². The first-order valence-corrected chi connectivity index (χ1v) is 9.70. The van der Waals surface area contributed by atoms with Crippen molar-refractivity contribution in [2.75, 3.05) is 12.8 Å². The van der Waals surface area contributed by atoms with E-state index in [9.17, 15) is 0 Å². The number of nitrogens with one attached hydrogen (secondary N) is 1. The van der Waals surface area contributed by atoms with Crippen LogP contribution in [-0.2, 0) is 18.6 Å². The maximum absolute atomic E-state index is 6.12. The van der Waals surface area contributed by atoms with Crippen molar-refractivity contribution in [2.24, 2.45) is 0 Å². The van der Waals surface area contributed by atoms with Crippen molar-refractivity contribution in [1.29, 1.82) is 0 Å². The minimum absolute atomic E-state index is 0.336. The van der Waals surface area contributed by atoms with Gasteiger partial charge in [-0.3, -0.25) is 0 Å². The SMILES string of the molecule is CNC(Cc1ccc(Cl)c(Cl)c1)c1cc2c(s1)CCSC2. The highest BCUT2D eigenvalue weighted by atomic mass is 35.5. The summed E-state index contributed by atoms with van der Waals surface area (Å²) in [4.78, 5) is 2.99. The van der Waals surface area contributed by atoms with Gasteiger partial charge < -0.3 is 5.32 Å². The van der Waals surface area contributed by atoms with Crippen LogP contribution in [0.3, 0.4) is 0 Å². The molecule has 1 aromatic carbocycles. The molecule has 0 saturated carbocycles. The number of rotatable bonds is 4. The van der Waals surface area contributed by atoms with Crippen LogP contribution in [0.5, 0.6) is 0 Å². The molecule has 1 aromatic heterocycles. The molecule has 1 nitrogen and oxygen atoms in total. The molecule has 1 atom stereocenters. The Bertz CT molecular complexity index is 616. The Hall–Kier alpha value is -0.190. The summed E-state index contributed by atoms with van der Waals surface area (Å²) in [6.45, 7) is 0. The second-order valence-electron chi connectivity index (χ2n) is 5.19.